The molecule has 2 aromatic rings. The van der Waals surface area contributed by atoms with Crippen molar-refractivity contribution in [1.29, 1.82) is 0 Å². The number of rotatable bonds is 5. The molecule has 1 aliphatic carbocycles. The lowest BCUT2D eigenvalue weighted by Gasteiger charge is -2.08. The molecule has 134 valence electrons. The average molecular weight is 372 g/mol. The minimum absolute atomic E-state index is 0.0353. The van der Waals surface area contributed by atoms with E-state index in [0.717, 1.165) is 24.0 Å². The van der Waals surface area contributed by atoms with Crippen molar-refractivity contribution in [3.05, 3.63) is 65.5 Å². The van der Waals surface area contributed by atoms with E-state index in [9.17, 15) is 17.6 Å². The lowest BCUT2D eigenvalue weighted by Crippen LogP contribution is -2.25. The molecule has 0 atom stereocenters. The predicted molar refractivity (Wildman–Crippen MR) is 96.0 cm³/mol. The molecule has 0 radical (unpaired) electrons. The predicted octanol–water partition coefficient (Wildman–Crippen LogP) is 2.31. The Morgan fingerprint density at radius 1 is 0.962 bits per heavy atom. The van der Waals surface area contributed by atoms with Crippen molar-refractivity contribution in [2.45, 2.75) is 23.8 Å². The summed E-state index contributed by atoms with van der Waals surface area (Å²) in [7, 11) is -3.53. The lowest BCUT2D eigenvalue weighted by molar-refractivity contribution is -0.114. The van der Waals surface area contributed by atoms with Crippen LogP contribution in [-0.4, -0.2) is 26.9 Å². The zero-order valence-corrected chi connectivity index (χ0v) is 14.6. The van der Waals surface area contributed by atoms with E-state index in [1.165, 1.54) is 24.3 Å². The maximum Gasteiger partial charge on any atom is 0.252 e. The molecule has 4 rings (SSSR count). The molecule has 7 heteroatoms. The smallest absolute Gasteiger partial charge is 0.252 e. The second kappa shape index (κ2) is 6.34. The first-order valence-electron chi connectivity index (χ1n) is 8.34. The third-order valence-corrected chi connectivity index (χ3v) is 6.04. The highest BCUT2D eigenvalue weighted by molar-refractivity contribution is 7.89. The van der Waals surface area contributed by atoms with Crippen molar-refractivity contribution in [3.63, 3.8) is 0 Å². The highest BCUT2D eigenvalue weighted by Crippen LogP contribution is 2.31. The van der Waals surface area contributed by atoms with E-state index < -0.39 is 10.0 Å². The Bertz CT molecular complexity index is 992. The minimum Gasteiger partial charge on any atom is -0.348 e. The fraction of sp³-hybridized carbons (Fsp3) is 0.211. The standard InChI is InChI=1S/C19H17FN2O3S/c20-14-5-1-12(2-6-14)17-11-21-19(23)18(17)13-3-9-16(10-4-13)26(24,25)22-15-7-8-15/h1-6,9-10,15,22H,7-8,11H2,(H,21,23). The van der Waals surface area contributed by atoms with Crippen LogP contribution in [0.15, 0.2) is 53.4 Å². The molecule has 1 heterocycles. The molecule has 2 N–H and O–H groups in total. The number of hydrogen-bond donors (Lipinski definition) is 2. The molecule has 1 aliphatic heterocycles. The third kappa shape index (κ3) is 3.27. The van der Waals surface area contributed by atoms with Gasteiger partial charge in [-0.3, -0.25) is 4.79 Å². The number of carbonyl (C=O) groups is 1. The van der Waals surface area contributed by atoms with Crippen LogP contribution in [0.3, 0.4) is 0 Å². The maximum absolute atomic E-state index is 13.2. The van der Waals surface area contributed by atoms with E-state index in [1.807, 2.05) is 0 Å². The summed E-state index contributed by atoms with van der Waals surface area (Å²) in [6.45, 7) is 0.350. The van der Waals surface area contributed by atoms with Gasteiger partial charge in [0, 0.05) is 12.6 Å². The van der Waals surface area contributed by atoms with Crippen LogP contribution in [0.1, 0.15) is 24.0 Å². The quantitative estimate of drug-likeness (QED) is 0.846. The highest BCUT2D eigenvalue weighted by atomic mass is 32.2. The first-order valence-corrected chi connectivity index (χ1v) is 9.82. The van der Waals surface area contributed by atoms with Crippen LogP contribution in [0.2, 0.25) is 0 Å². The van der Waals surface area contributed by atoms with Gasteiger partial charge in [0.1, 0.15) is 5.82 Å². The van der Waals surface area contributed by atoms with E-state index in [2.05, 4.69) is 10.0 Å². The van der Waals surface area contributed by atoms with Crippen LogP contribution >= 0.6 is 0 Å². The van der Waals surface area contributed by atoms with E-state index in [4.69, 9.17) is 0 Å². The Labute approximate surface area is 151 Å². The summed E-state index contributed by atoms with van der Waals surface area (Å²) >= 11 is 0. The second-order valence-corrected chi connectivity index (χ2v) is 8.18. The van der Waals surface area contributed by atoms with E-state index in [0.29, 0.717) is 17.7 Å². The summed E-state index contributed by atoms with van der Waals surface area (Å²) in [4.78, 5) is 12.5. The summed E-state index contributed by atoms with van der Waals surface area (Å²) in [5.74, 6) is -0.568. The van der Waals surface area contributed by atoms with Crippen molar-refractivity contribution < 1.29 is 17.6 Å². The molecule has 1 fully saturated rings. The second-order valence-electron chi connectivity index (χ2n) is 6.46. The van der Waals surface area contributed by atoms with Crippen LogP contribution < -0.4 is 10.0 Å². The zero-order valence-electron chi connectivity index (χ0n) is 13.8. The van der Waals surface area contributed by atoms with Gasteiger partial charge in [0.25, 0.3) is 5.91 Å². The molecule has 26 heavy (non-hydrogen) atoms. The summed E-state index contributed by atoms with van der Waals surface area (Å²) in [6.07, 6.45) is 1.73. The minimum atomic E-state index is -3.53. The number of hydrogen-bond acceptors (Lipinski definition) is 3. The van der Waals surface area contributed by atoms with E-state index in [1.54, 1.807) is 24.3 Å². The van der Waals surface area contributed by atoms with Gasteiger partial charge in [-0.05, 0) is 53.8 Å². The Morgan fingerprint density at radius 2 is 1.58 bits per heavy atom. The maximum atomic E-state index is 13.2. The molecule has 2 aromatic carbocycles. The largest absolute Gasteiger partial charge is 0.348 e. The van der Waals surface area contributed by atoms with Crippen LogP contribution in [0.25, 0.3) is 11.1 Å². The summed E-state index contributed by atoms with van der Waals surface area (Å²) in [5, 5.41) is 2.77. The molecule has 0 saturated heterocycles. The van der Waals surface area contributed by atoms with Crippen molar-refractivity contribution in [1.82, 2.24) is 10.0 Å². The molecule has 1 amide bonds. The normalized spacial score (nSPS) is 17.5. The van der Waals surface area contributed by atoms with Crippen molar-refractivity contribution in [2.24, 2.45) is 0 Å². The number of benzene rings is 2. The summed E-state index contributed by atoms with van der Waals surface area (Å²) in [5.41, 5.74) is 2.63. The van der Waals surface area contributed by atoms with Crippen molar-refractivity contribution in [2.75, 3.05) is 6.54 Å². The van der Waals surface area contributed by atoms with Crippen LogP contribution in [0.5, 0.6) is 0 Å². The first-order chi connectivity index (χ1) is 12.4. The Hall–Kier alpha value is -2.51. The van der Waals surface area contributed by atoms with Crippen LogP contribution in [0, 0.1) is 5.82 Å². The fourth-order valence-electron chi connectivity index (χ4n) is 2.97. The highest BCUT2D eigenvalue weighted by Gasteiger charge is 2.29. The van der Waals surface area contributed by atoms with Crippen LogP contribution in [0.4, 0.5) is 4.39 Å². The van der Waals surface area contributed by atoms with E-state index >= 15 is 0 Å². The van der Waals surface area contributed by atoms with E-state index in [-0.39, 0.29) is 22.7 Å². The van der Waals surface area contributed by atoms with Gasteiger partial charge < -0.3 is 5.32 Å². The monoisotopic (exact) mass is 372 g/mol. The topological polar surface area (TPSA) is 75.3 Å². The lowest BCUT2D eigenvalue weighted by atomic mass is 9.97. The molecule has 0 unspecified atom stereocenters. The molecule has 1 saturated carbocycles. The number of carbonyl (C=O) groups excluding carboxylic acids is 1. The molecular weight excluding hydrogens is 355 g/mol. The zero-order chi connectivity index (χ0) is 18.3. The Morgan fingerprint density at radius 3 is 2.19 bits per heavy atom. The molecular formula is C19H17FN2O3S. The fourth-order valence-corrected chi connectivity index (χ4v) is 4.28. The number of nitrogens with one attached hydrogen (secondary N) is 2. The van der Waals surface area contributed by atoms with Crippen molar-refractivity contribution >= 4 is 27.1 Å². The number of sulfonamides is 1. The van der Waals surface area contributed by atoms with Gasteiger partial charge in [-0.2, -0.15) is 0 Å². The van der Waals surface area contributed by atoms with Gasteiger partial charge in [-0.15, -0.1) is 0 Å². The first kappa shape index (κ1) is 16.9. The van der Waals surface area contributed by atoms with Gasteiger partial charge in [0.15, 0.2) is 0 Å². The van der Waals surface area contributed by atoms with Gasteiger partial charge in [-0.25, -0.2) is 17.5 Å². The Kier molecular flexibility index (Phi) is 4.13. The molecule has 0 bridgehead atoms. The average Bonchev–Trinajstić information content (AvgIpc) is 3.34. The van der Waals surface area contributed by atoms with Gasteiger partial charge in [0.05, 0.1) is 10.5 Å². The summed E-state index contributed by atoms with van der Waals surface area (Å²) in [6, 6.07) is 12.3. The van der Waals surface area contributed by atoms with Gasteiger partial charge in [0.2, 0.25) is 10.0 Å². The number of amides is 1. The van der Waals surface area contributed by atoms with Gasteiger partial charge in [-0.1, -0.05) is 24.3 Å². The molecule has 0 spiro atoms. The molecule has 2 aliphatic rings. The van der Waals surface area contributed by atoms with Gasteiger partial charge >= 0.3 is 0 Å². The number of halogens is 1. The third-order valence-electron chi connectivity index (χ3n) is 4.50. The SMILES string of the molecule is O=C1NCC(c2ccc(F)cc2)=C1c1ccc(S(=O)(=O)NC2CC2)cc1. The van der Waals surface area contributed by atoms with Crippen molar-refractivity contribution in [3.8, 4) is 0 Å². The Balaban J connectivity index is 1.69. The molecule has 0 aromatic heterocycles. The molecule has 5 nitrogen and oxygen atoms in total. The van der Waals surface area contributed by atoms with Crippen LogP contribution in [-0.2, 0) is 14.8 Å². The summed E-state index contributed by atoms with van der Waals surface area (Å²) < 4.78 is 40.3.